The first kappa shape index (κ1) is 14.0. The highest BCUT2D eigenvalue weighted by Crippen LogP contribution is 2.28. The molecule has 1 fully saturated rings. The Morgan fingerprint density at radius 3 is 2.67 bits per heavy atom. The van der Waals surface area contributed by atoms with Gasteiger partial charge in [-0.1, -0.05) is 18.2 Å². The van der Waals surface area contributed by atoms with E-state index in [4.69, 9.17) is 10.3 Å². The number of aliphatic hydroxyl groups excluding tert-OH is 2. The van der Waals surface area contributed by atoms with E-state index in [0.29, 0.717) is 30.8 Å². The smallest absolute Gasteiger partial charge is 0.301 e. The molecule has 112 valence electrons. The summed E-state index contributed by atoms with van der Waals surface area (Å²) >= 11 is 0. The monoisotopic (exact) mass is 291 g/mol. The van der Waals surface area contributed by atoms with Crippen LogP contribution in [-0.2, 0) is 6.54 Å². The largest absolute Gasteiger partial charge is 0.451 e. The maximum Gasteiger partial charge on any atom is 0.301 e. The van der Waals surface area contributed by atoms with Crippen LogP contribution < -0.4 is 11.3 Å². The highest BCUT2D eigenvalue weighted by Gasteiger charge is 2.31. The summed E-state index contributed by atoms with van der Waals surface area (Å²) in [5.74, 6) is 4.86. The van der Waals surface area contributed by atoms with Gasteiger partial charge in [-0.3, -0.25) is 15.1 Å². The third-order valence-electron chi connectivity index (χ3n) is 3.75. The van der Waals surface area contributed by atoms with E-state index in [2.05, 4.69) is 5.43 Å². The minimum absolute atomic E-state index is 0.162. The molecule has 1 aliphatic heterocycles. The fourth-order valence-corrected chi connectivity index (χ4v) is 2.70. The number of carbonyl (C=O) groups is 1. The van der Waals surface area contributed by atoms with Crippen LogP contribution in [0.3, 0.4) is 0 Å². The number of rotatable bonds is 3. The molecule has 0 saturated carbocycles. The van der Waals surface area contributed by atoms with Gasteiger partial charge in [0.1, 0.15) is 5.58 Å². The van der Waals surface area contributed by atoms with Gasteiger partial charge in [-0.25, -0.2) is 5.84 Å². The molecule has 0 aliphatic carbocycles. The second-order valence-electron chi connectivity index (χ2n) is 5.21. The molecule has 2 aromatic rings. The highest BCUT2D eigenvalue weighted by molar-refractivity contribution is 5.98. The molecule has 2 atom stereocenters. The van der Waals surface area contributed by atoms with Crippen LogP contribution in [0.15, 0.2) is 28.7 Å². The lowest BCUT2D eigenvalue weighted by atomic mass is 10.1. The van der Waals surface area contributed by atoms with Gasteiger partial charge in [-0.2, -0.15) is 0 Å². The number of benzene rings is 1. The maximum atomic E-state index is 11.9. The molecule has 1 amide bonds. The number of hydrazine groups is 1. The van der Waals surface area contributed by atoms with Crippen molar-refractivity contribution in [1.82, 2.24) is 10.3 Å². The molecule has 5 N–H and O–H groups in total. The molecule has 0 radical (unpaired) electrons. The van der Waals surface area contributed by atoms with Crippen LogP contribution in [0.25, 0.3) is 11.0 Å². The van der Waals surface area contributed by atoms with Gasteiger partial charge in [0, 0.05) is 30.6 Å². The van der Waals surface area contributed by atoms with E-state index in [1.807, 2.05) is 23.1 Å². The number of nitrogen functional groups attached to an aromatic ring is 1. The zero-order chi connectivity index (χ0) is 15.0. The van der Waals surface area contributed by atoms with Crippen LogP contribution in [0.4, 0.5) is 0 Å². The molecular formula is C14H17N3O4. The van der Waals surface area contributed by atoms with Crippen molar-refractivity contribution in [3.8, 4) is 0 Å². The number of nitrogens with one attached hydrogen (secondary N) is 1. The van der Waals surface area contributed by atoms with Crippen molar-refractivity contribution in [1.29, 1.82) is 0 Å². The van der Waals surface area contributed by atoms with E-state index < -0.39 is 18.1 Å². The summed E-state index contributed by atoms with van der Waals surface area (Å²) < 4.78 is 5.57. The van der Waals surface area contributed by atoms with E-state index in [9.17, 15) is 15.0 Å². The number of amides is 1. The second-order valence-corrected chi connectivity index (χ2v) is 5.21. The Morgan fingerprint density at radius 2 is 2.00 bits per heavy atom. The second kappa shape index (κ2) is 5.45. The Bertz CT molecular complexity index is 659. The molecule has 0 bridgehead atoms. The number of nitrogens with two attached hydrogens (primary N) is 1. The van der Waals surface area contributed by atoms with Crippen molar-refractivity contribution in [2.45, 2.75) is 18.8 Å². The van der Waals surface area contributed by atoms with E-state index in [1.54, 1.807) is 6.07 Å². The topological polar surface area (TPSA) is 112 Å². The number of carbonyl (C=O) groups excluding carboxylic acids is 1. The first-order valence-electron chi connectivity index (χ1n) is 6.70. The fourth-order valence-electron chi connectivity index (χ4n) is 2.70. The molecule has 7 nitrogen and oxygen atoms in total. The van der Waals surface area contributed by atoms with Gasteiger partial charge >= 0.3 is 5.91 Å². The molecule has 1 aromatic heterocycles. The van der Waals surface area contributed by atoms with Crippen LogP contribution in [0.5, 0.6) is 0 Å². The van der Waals surface area contributed by atoms with Gasteiger partial charge in [-0.05, 0) is 6.07 Å². The van der Waals surface area contributed by atoms with Crippen LogP contribution in [0.2, 0.25) is 0 Å². The van der Waals surface area contributed by atoms with Crippen molar-refractivity contribution in [2.24, 2.45) is 5.84 Å². The van der Waals surface area contributed by atoms with Gasteiger partial charge in [0.05, 0.1) is 12.2 Å². The fraction of sp³-hybridized carbons (Fsp3) is 0.357. The molecule has 1 saturated heterocycles. The molecule has 1 aliphatic rings. The number of hydrogen-bond acceptors (Lipinski definition) is 6. The normalized spacial score (nSPS) is 22.8. The predicted octanol–water partition coefficient (Wildman–Crippen LogP) is -0.426. The summed E-state index contributed by atoms with van der Waals surface area (Å²) in [4.78, 5) is 13.7. The van der Waals surface area contributed by atoms with E-state index in [0.717, 1.165) is 5.39 Å². The predicted molar refractivity (Wildman–Crippen MR) is 75.2 cm³/mol. The summed E-state index contributed by atoms with van der Waals surface area (Å²) in [5, 5.41) is 20.1. The number of aliphatic hydroxyl groups is 2. The number of para-hydroxylation sites is 1. The first-order valence-corrected chi connectivity index (χ1v) is 6.70. The lowest BCUT2D eigenvalue weighted by molar-refractivity contribution is 0.0572. The Hall–Kier alpha value is -1.93. The molecule has 21 heavy (non-hydrogen) atoms. The van der Waals surface area contributed by atoms with E-state index in [1.165, 1.54) is 0 Å². The third kappa shape index (κ3) is 2.52. The lowest BCUT2D eigenvalue weighted by Crippen LogP contribution is -2.31. The van der Waals surface area contributed by atoms with Crippen molar-refractivity contribution in [3.05, 3.63) is 35.6 Å². The summed E-state index contributed by atoms with van der Waals surface area (Å²) in [6, 6.07) is 7.33. The van der Waals surface area contributed by atoms with Crippen molar-refractivity contribution in [3.63, 3.8) is 0 Å². The number of likely N-dealkylation sites (tertiary alicyclic amines) is 1. The number of fused-ring (bicyclic) bond motifs is 1. The summed E-state index contributed by atoms with van der Waals surface area (Å²) in [5.41, 5.74) is 3.38. The quantitative estimate of drug-likeness (QED) is 0.347. The van der Waals surface area contributed by atoms with Gasteiger partial charge in [0.2, 0.25) is 0 Å². The summed E-state index contributed by atoms with van der Waals surface area (Å²) in [6.07, 6.45) is -1.54. The summed E-state index contributed by atoms with van der Waals surface area (Å²) in [6.45, 7) is 1.10. The van der Waals surface area contributed by atoms with Gasteiger partial charge in [0.15, 0.2) is 5.76 Å². The number of furan rings is 1. The number of β-amino-alcohol motifs (C(OH)–C–C–N with tert-alkyl or cyclic N) is 2. The minimum atomic E-state index is -0.769. The van der Waals surface area contributed by atoms with Crippen molar-refractivity contribution >= 4 is 16.9 Å². The number of nitrogens with zero attached hydrogens (tertiary/aromatic N) is 1. The molecule has 2 heterocycles. The van der Waals surface area contributed by atoms with Crippen LogP contribution in [-0.4, -0.2) is 46.3 Å². The van der Waals surface area contributed by atoms with Gasteiger partial charge in [0.25, 0.3) is 0 Å². The van der Waals surface area contributed by atoms with Gasteiger partial charge in [-0.15, -0.1) is 0 Å². The minimum Gasteiger partial charge on any atom is -0.451 e. The average Bonchev–Trinajstić information content (AvgIpc) is 3.00. The molecule has 1 aromatic carbocycles. The Kier molecular flexibility index (Phi) is 3.64. The van der Waals surface area contributed by atoms with Crippen molar-refractivity contribution in [2.75, 3.05) is 13.1 Å². The molecule has 7 heteroatoms. The average molecular weight is 291 g/mol. The molecule has 3 rings (SSSR count). The zero-order valence-electron chi connectivity index (χ0n) is 11.3. The Balaban J connectivity index is 1.97. The molecular weight excluding hydrogens is 274 g/mol. The molecule has 2 unspecified atom stereocenters. The summed E-state index contributed by atoms with van der Waals surface area (Å²) in [7, 11) is 0. The van der Waals surface area contributed by atoms with Crippen LogP contribution >= 0.6 is 0 Å². The molecule has 0 spiro atoms. The van der Waals surface area contributed by atoms with Gasteiger partial charge < -0.3 is 14.6 Å². The third-order valence-corrected chi connectivity index (χ3v) is 3.75. The SMILES string of the molecule is NNC(=O)c1oc2ccccc2c1CN1CC(O)C(O)C1. The number of hydrogen-bond donors (Lipinski definition) is 4. The Labute approximate surface area is 120 Å². The standard InChI is InChI=1S/C14H17N3O4/c15-16-14(20)13-9(5-17-6-10(18)11(19)7-17)8-3-1-2-4-12(8)21-13/h1-4,10-11,18-19H,5-7,15H2,(H,16,20). The zero-order valence-corrected chi connectivity index (χ0v) is 11.3. The van der Waals surface area contributed by atoms with Crippen LogP contribution in [0, 0.1) is 0 Å². The highest BCUT2D eigenvalue weighted by atomic mass is 16.3. The Morgan fingerprint density at radius 1 is 1.33 bits per heavy atom. The lowest BCUT2D eigenvalue weighted by Gasteiger charge is -2.14. The maximum absolute atomic E-state index is 11.9. The van der Waals surface area contributed by atoms with E-state index in [-0.39, 0.29) is 5.76 Å². The first-order chi connectivity index (χ1) is 10.1. The van der Waals surface area contributed by atoms with Crippen LogP contribution in [0.1, 0.15) is 16.1 Å². The van der Waals surface area contributed by atoms with E-state index >= 15 is 0 Å². The van der Waals surface area contributed by atoms with Crippen molar-refractivity contribution < 1.29 is 19.4 Å².